The number of fused-ring (bicyclic) bond motifs is 1. The Morgan fingerprint density at radius 1 is 1.28 bits per heavy atom. The van der Waals surface area contributed by atoms with Gasteiger partial charge in [0.2, 0.25) is 0 Å². The van der Waals surface area contributed by atoms with E-state index < -0.39 is 0 Å². The lowest BCUT2D eigenvalue weighted by Crippen LogP contribution is -1.94. The molecule has 3 rings (SSSR count). The second-order valence-electron chi connectivity index (χ2n) is 3.83. The third kappa shape index (κ3) is 1.67. The van der Waals surface area contributed by atoms with Gasteiger partial charge in [0, 0.05) is 13.2 Å². The van der Waals surface area contributed by atoms with Gasteiger partial charge in [0.1, 0.15) is 22.7 Å². The van der Waals surface area contributed by atoms with Gasteiger partial charge in [-0.2, -0.15) is 5.10 Å². The van der Waals surface area contributed by atoms with Gasteiger partial charge in [-0.3, -0.25) is 4.68 Å². The van der Waals surface area contributed by atoms with Crippen molar-refractivity contribution in [3.8, 4) is 11.3 Å². The Kier molecular flexibility index (Phi) is 2.38. The van der Waals surface area contributed by atoms with Crippen LogP contribution in [0.2, 0.25) is 5.15 Å². The van der Waals surface area contributed by atoms with Crippen molar-refractivity contribution in [3.63, 3.8) is 0 Å². The Bertz CT molecular complexity index is 735. The molecule has 2 N–H and O–H groups in total. The maximum atomic E-state index is 5.90. The molecule has 0 aliphatic rings. The molecule has 18 heavy (non-hydrogen) atoms. The summed E-state index contributed by atoms with van der Waals surface area (Å²) < 4.78 is 1.63. The summed E-state index contributed by atoms with van der Waals surface area (Å²) >= 11 is 5.90. The molecule has 6 nitrogen and oxygen atoms in total. The van der Waals surface area contributed by atoms with Crippen LogP contribution in [-0.2, 0) is 7.05 Å². The summed E-state index contributed by atoms with van der Waals surface area (Å²) in [5, 5.41) is 4.48. The number of nitrogens with two attached hydrogens (primary N) is 1. The minimum absolute atomic E-state index is 0.390. The van der Waals surface area contributed by atoms with Crippen LogP contribution < -0.4 is 5.73 Å². The lowest BCUT2D eigenvalue weighted by atomic mass is 10.2. The van der Waals surface area contributed by atoms with Crippen molar-refractivity contribution in [1.29, 1.82) is 0 Å². The number of aryl methyl sites for hydroxylation is 1. The van der Waals surface area contributed by atoms with Gasteiger partial charge < -0.3 is 5.73 Å². The minimum Gasteiger partial charge on any atom is -0.382 e. The summed E-state index contributed by atoms with van der Waals surface area (Å²) in [7, 11) is 1.80. The predicted octanol–water partition coefficient (Wildman–Crippen LogP) is 1.66. The van der Waals surface area contributed by atoms with Gasteiger partial charge in [0.15, 0.2) is 5.82 Å². The van der Waals surface area contributed by atoms with Crippen LogP contribution in [-0.4, -0.2) is 24.7 Å². The molecule has 0 saturated carbocycles. The molecule has 3 aromatic heterocycles. The smallest absolute Gasteiger partial charge is 0.155 e. The molecule has 0 aliphatic carbocycles. The molecule has 0 fully saturated rings. The Balaban J connectivity index is 2.35. The van der Waals surface area contributed by atoms with Gasteiger partial charge in [-0.25, -0.2) is 15.0 Å². The highest BCUT2D eigenvalue weighted by atomic mass is 35.5. The normalized spacial score (nSPS) is 11.0. The number of anilines is 1. The largest absolute Gasteiger partial charge is 0.382 e. The van der Waals surface area contributed by atoms with Crippen LogP contribution >= 0.6 is 11.6 Å². The van der Waals surface area contributed by atoms with Crippen LogP contribution in [0, 0.1) is 0 Å². The first-order valence-electron chi connectivity index (χ1n) is 5.22. The van der Waals surface area contributed by atoms with Crippen LogP contribution in [0.15, 0.2) is 24.7 Å². The number of hydrogen-bond donors (Lipinski definition) is 1. The molecule has 90 valence electrons. The summed E-state index contributed by atoms with van der Waals surface area (Å²) in [5.74, 6) is 0.402. The number of hydrogen-bond acceptors (Lipinski definition) is 5. The highest BCUT2D eigenvalue weighted by Gasteiger charge is 2.13. The maximum Gasteiger partial charge on any atom is 0.155 e. The van der Waals surface area contributed by atoms with Crippen molar-refractivity contribution in [1.82, 2.24) is 24.7 Å². The maximum absolute atomic E-state index is 5.90. The Hall–Kier alpha value is -2.21. The zero-order valence-electron chi connectivity index (χ0n) is 9.50. The summed E-state index contributed by atoms with van der Waals surface area (Å²) in [6.45, 7) is 0. The van der Waals surface area contributed by atoms with E-state index in [1.165, 1.54) is 6.33 Å². The van der Waals surface area contributed by atoms with E-state index in [-0.39, 0.29) is 0 Å². The Labute approximate surface area is 107 Å². The zero-order chi connectivity index (χ0) is 12.7. The average Bonchev–Trinajstić information content (AvgIpc) is 2.67. The van der Waals surface area contributed by atoms with Crippen molar-refractivity contribution < 1.29 is 0 Å². The number of pyridine rings is 1. The fraction of sp³-hybridized carbons (Fsp3) is 0.0909. The van der Waals surface area contributed by atoms with Crippen LogP contribution in [0.5, 0.6) is 0 Å². The summed E-state index contributed by atoms with van der Waals surface area (Å²) in [4.78, 5) is 12.6. The van der Waals surface area contributed by atoms with Crippen LogP contribution in [0.25, 0.3) is 22.3 Å². The molecule has 0 bridgehead atoms. The van der Waals surface area contributed by atoms with Crippen molar-refractivity contribution in [2.45, 2.75) is 0 Å². The first-order chi connectivity index (χ1) is 8.65. The topological polar surface area (TPSA) is 82.5 Å². The van der Waals surface area contributed by atoms with Gasteiger partial charge >= 0.3 is 0 Å². The second kappa shape index (κ2) is 3.92. The highest BCUT2D eigenvalue weighted by molar-refractivity contribution is 6.29. The Morgan fingerprint density at radius 3 is 2.83 bits per heavy atom. The molecule has 0 radical (unpaired) electrons. The first kappa shape index (κ1) is 10.9. The zero-order valence-corrected chi connectivity index (χ0v) is 10.3. The van der Waals surface area contributed by atoms with Gasteiger partial charge in [-0.15, -0.1) is 0 Å². The molecule has 7 heteroatoms. The van der Waals surface area contributed by atoms with Crippen LogP contribution in [0.4, 0.5) is 5.82 Å². The molecule has 0 spiro atoms. The van der Waals surface area contributed by atoms with Crippen molar-refractivity contribution in [2.24, 2.45) is 7.05 Å². The van der Waals surface area contributed by atoms with E-state index in [4.69, 9.17) is 17.3 Å². The van der Waals surface area contributed by atoms with E-state index in [1.807, 2.05) is 0 Å². The molecule has 0 amide bonds. The fourth-order valence-electron chi connectivity index (χ4n) is 1.80. The molecular weight excluding hydrogens is 252 g/mol. The SMILES string of the molecule is Cn1cc(-c2ncnc3ccc(Cl)nc23)c(N)n1. The number of rotatable bonds is 1. The molecule has 3 aromatic rings. The van der Waals surface area contributed by atoms with E-state index in [0.717, 1.165) is 5.56 Å². The highest BCUT2D eigenvalue weighted by Crippen LogP contribution is 2.28. The van der Waals surface area contributed by atoms with E-state index in [9.17, 15) is 0 Å². The molecule has 3 heterocycles. The van der Waals surface area contributed by atoms with Crippen LogP contribution in [0.3, 0.4) is 0 Å². The van der Waals surface area contributed by atoms with Gasteiger partial charge in [0.25, 0.3) is 0 Å². The summed E-state index contributed by atoms with van der Waals surface area (Å²) in [5.41, 5.74) is 8.53. The third-order valence-corrected chi connectivity index (χ3v) is 2.77. The minimum atomic E-state index is 0.390. The van der Waals surface area contributed by atoms with E-state index in [1.54, 1.807) is 30.1 Å². The van der Waals surface area contributed by atoms with Crippen LogP contribution in [0.1, 0.15) is 0 Å². The van der Waals surface area contributed by atoms with Crippen molar-refractivity contribution >= 4 is 28.5 Å². The average molecular weight is 261 g/mol. The Morgan fingerprint density at radius 2 is 2.11 bits per heavy atom. The van der Waals surface area contributed by atoms with Gasteiger partial charge in [-0.1, -0.05) is 11.6 Å². The van der Waals surface area contributed by atoms with Crippen molar-refractivity contribution in [3.05, 3.63) is 29.8 Å². The molecule has 0 aromatic carbocycles. The lowest BCUT2D eigenvalue weighted by Gasteiger charge is -2.02. The lowest BCUT2D eigenvalue weighted by molar-refractivity contribution is 0.772. The van der Waals surface area contributed by atoms with E-state index in [2.05, 4.69) is 20.1 Å². The van der Waals surface area contributed by atoms with E-state index >= 15 is 0 Å². The standard InChI is InChI=1S/C11H9ClN6/c1-18-4-6(11(13)17-18)9-10-7(14-5-15-9)2-3-8(12)16-10/h2-5H,1H3,(H2,13,17). The number of nitrogen functional groups attached to an aromatic ring is 1. The molecule has 0 atom stereocenters. The number of halogens is 1. The fourth-order valence-corrected chi connectivity index (χ4v) is 1.95. The second-order valence-corrected chi connectivity index (χ2v) is 4.21. The quantitative estimate of drug-likeness (QED) is 0.673. The first-order valence-corrected chi connectivity index (χ1v) is 5.59. The summed E-state index contributed by atoms with van der Waals surface area (Å²) in [6.07, 6.45) is 3.26. The monoisotopic (exact) mass is 260 g/mol. The number of aromatic nitrogens is 5. The molecule has 0 saturated heterocycles. The van der Waals surface area contributed by atoms with Gasteiger partial charge in [-0.05, 0) is 12.1 Å². The van der Waals surface area contributed by atoms with Gasteiger partial charge in [0.05, 0.1) is 11.1 Å². The summed E-state index contributed by atoms with van der Waals surface area (Å²) in [6, 6.07) is 3.48. The molecular formula is C11H9ClN6. The van der Waals surface area contributed by atoms with E-state index in [0.29, 0.717) is 27.7 Å². The third-order valence-electron chi connectivity index (χ3n) is 2.56. The molecule has 0 aliphatic heterocycles. The number of nitrogens with zero attached hydrogens (tertiary/aromatic N) is 5. The molecule has 0 unspecified atom stereocenters. The predicted molar refractivity (Wildman–Crippen MR) is 69.0 cm³/mol. The van der Waals surface area contributed by atoms with Crippen molar-refractivity contribution in [2.75, 3.05) is 5.73 Å².